The summed E-state index contributed by atoms with van der Waals surface area (Å²) in [6.07, 6.45) is -0.128. The summed E-state index contributed by atoms with van der Waals surface area (Å²) in [7, 11) is 3.09. The van der Waals surface area contributed by atoms with Gasteiger partial charge in [-0.2, -0.15) is 0 Å². The third kappa shape index (κ3) is 3.42. The Balaban J connectivity index is 1.65. The number of carbonyl (C=O) groups excluding carboxylic acids is 1. The predicted octanol–water partition coefficient (Wildman–Crippen LogP) is 2.86. The number of nitrogens with one attached hydrogen (secondary N) is 1. The number of amides is 1. The molecule has 7 heteroatoms. The first-order valence-corrected chi connectivity index (χ1v) is 9.17. The predicted molar refractivity (Wildman–Crippen MR) is 108 cm³/mol. The van der Waals surface area contributed by atoms with Gasteiger partial charge in [-0.25, -0.2) is 9.97 Å². The zero-order valence-corrected chi connectivity index (χ0v) is 15.9. The maximum Gasteiger partial charge on any atom is 0.221 e. The number of aromatic nitrogens is 3. The number of para-hydroxylation sites is 3. The minimum absolute atomic E-state index is 0.0706. The van der Waals surface area contributed by atoms with Crippen LogP contribution in [0.5, 0.6) is 0 Å². The van der Waals surface area contributed by atoms with E-state index in [9.17, 15) is 4.79 Å². The van der Waals surface area contributed by atoms with Gasteiger partial charge in [-0.15, -0.1) is 0 Å². The lowest BCUT2D eigenvalue weighted by molar-refractivity contribution is -0.127. The molecule has 0 aliphatic carbocycles. The lowest BCUT2D eigenvalue weighted by atomic mass is 10.2. The van der Waals surface area contributed by atoms with Gasteiger partial charge in [-0.3, -0.25) is 4.79 Å². The molecule has 0 saturated carbocycles. The van der Waals surface area contributed by atoms with E-state index in [1.807, 2.05) is 48.5 Å². The van der Waals surface area contributed by atoms with Crippen LogP contribution < -0.4 is 5.32 Å². The zero-order valence-electron chi connectivity index (χ0n) is 15.9. The molecule has 1 amide bonds. The van der Waals surface area contributed by atoms with Crippen LogP contribution in [0.25, 0.3) is 33.1 Å². The van der Waals surface area contributed by atoms with Gasteiger partial charge in [0.25, 0.3) is 0 Å². The molecule has 7 nitrogen and oxygen atoms in total. The van der Waals surface area contributed by atoms with Gasteiger partial charge in [0.1, 0.15) is 5.52 Å². The largest absolute Gasteiger partial charge is 0.354 e. The lowest BCUT2D eigenvalue weighted by Gasteiger charge is -2.14. The third-order valence-electron chi connectivity index (χ3n) is 4.81. The molecule has 4 aromatic rings. The minimum Gasteiger partial charge on any atom is -0.354 e. The van der Waals surface area contributed by atoms with Crippen molar-refractivity contribution in [3.63, 3.8) is 0 Å². The molecule has 2 aromatic carbocycles. The SMILES string of the molecule is COC(CNC(=O)CCn1c2ccccc2c2nc3ccccc3nc21)OC. The Kier molecular flexibility index (Phi) is 5.18. The minimum atomic E-state index is -0.450. The van der Waals surface area contributed by atoms with E-state index in [0.29, 0.717) is 19.5 Å². The quantitative estimate of drug-likeness (QED) is 0.500. The van der Waals surface area contributed by atoms with E-state index in [2.05, 4.69) is 9.88 Å². The molecule has 28 heavy (non-hydrogen) atoms. The highest BCUT2D eigenvalue weighted by Gasteiger charge is 2.15. The molecular formula is C21H22N4O3. The molecule has 0 saturated heterocycles. The van der Waals surface area contributed by atoms with E-state index in [1.54, 1.807) is 14.2 Å². The molecule has 0 unspecified atom stereocenters. The number of fused-ring (bicyclic) bond motifs is 4. The van der Waals surface area contributed by atoms with Gasteiger partial charge in [0, 0.05) is 32.6 Å². The van der Waals surface area contributed by atoms with Crippen molar-refractivity contribution in [3.8, 4) is 0 Å². The van der Waals surface area contributed by atoms with Crippen molar-refractivity contribution in [1.82, 2.24) is 19.9 Å². The molecule has 0 fully saturated rings. The molecule has 144 valence electrons. The van der Waals surface area contributed by atoms with E-state index in [1.165, 1.54) is 0 Å². The molecule has 0 aliphatic rings. The van der Waals surface area contributed by atoms with Gasteiger partial charge >= 0.3 is 0 Å². The van der Waals surface area contributed by atoms with Crippen molar-refractivity contribution in [2.24, 2.45) is 0 Å². The zero-order chi connectivity index (χ0) is 19.5. The number of hydrogen-bond acceptors (Lipinski definition) is 5. The van der Waals surface area contributed by atoms with Crippen molar-refractivity contribution in [1.29, 1.82) is 0 Å². The maximum atomic E-state index is 12.3. The highest BCUT2D eigenvalue weighted by Crippen LogP contribution is 2.28. The van der Waals surface area contributed by atoms with Gasteiger partial charge in [0.05, 0.1) is 23.1 Å². The van der Waals surface area contributed by atoms with Gasteiger partial charge in [-0.05, 0) is 18.2 Å². The van der Waals surface area contributed by atoms with Gasteiger partial charge in [0.15, 0.2) is 11.9 Å². The first-order chi connectivity index (χ1) is 13.7. The second-order valence-electron chi connectivity index (χ2n) is 6.51. The van der Waals surface area contributed by atoms with Gasteiger partial charge in [-0.1, -0.05) is 30.3 Å². The van der Waals surface area contributed by atoms with Crippen LogP contribution >= 0.6 is 0 Å². The Hall–Kier alpha value is -3.03. The molecule has 0 bridgehead atoms. The van der Waals surface area contributed by atoms with E-state index in [4.69, 9.17) is 19.4 Å². The van der Waals surface area contributed by atoms with Crippen molar-refractivity contribution >= 4 is 39.0 Å². The van der Waals surface area contributed by atoms with Crippen LogP contribution in [0.15, 0.2) is 48.5 Å². The molecule has 1 N–H and O–H groups in total. The van der Waals surface area contributed by atoms with Crippen LogP contribution in [0.1, 0.15) is 6.42 Å². The Morgan fingerprint density at radius 3 is 2.46 bits per heavy atom. The second kappa shape index (κ2) is 7.92. The Morgan fingerprint density at radius 1 is 1.04 bits per heavy atom. The number of carbonyl (C=O) groups is 1. The number of benzene rings is 2. The van der Waals surface area contributed by atoms with Crippen molar-refractivity contribution in [2.75, 3.05) is 20.8 Å². The monoisotopic (exact) mass is 378 g/mol. The number of nitrogens with zero attached hydrogens (tertiary/aromatic N) is 3. The van der Waals surface area contributed by atoms with Crippen molar-refractivity contribution in [3.05, 3.63) is 48.5 Å². The fourth-order valence-corrected chi connectivity index (χ4v) is 3.37. The average Bonchev–Trinajstić information content (AvgIpc) is 3.04. The van der Waals surface area contributed by atoms with E-state index in [0.717, 1.165) is 33.1 Å². The first-order valence-electron chi connectivity index (χ1n) is 9.17. The molecule has 2 aromatic heterocycles. The molecule has 2 heterocycles. The summed E-state index contributed by atoms with van der Waals surface area (Å²) in [6, 6.07) is 15.9. The molecule has 0 atom stereocenters. The van der Waals surface area contributed by atoms with Crippen molar-refractivity contribution < 1.29 is 14.3 Å². The van der Waals surface area contributed by atoms with Crippen LogP contribution in [-0.4, -0.2) is 47.5 Å². The number of ether oxygens (including phenoxy) is 2. The first kappa shape index (κ1) is 18.3. The molecule has 0 spiro atoms. The Bertz CT molecular complexity index is 1130. The summed E-state index contributed by atoms with van der Waals surface area (Å²) in [5.74, 6) is -0.0706. The van der Waals surface area contributed by atoms with Gasteiger partial charge < -0.3 is 19.4 Å². The summed E-state index contributed by atoms with van der Waals surface area (Å²) in [6.45, 7) is 0.816. The van der Waals surface area contributed by atoms with Crippen LogP contribution in [0.2, 0.25) is 0 Å². The third-order valence-corrected chi connectivity index (χ3v) is 4.81. The number of rotatable bonds is 7. The average molecular weight is 378 g/mol. The molecule has 0 radical (unpaired) electrons. The summed E-state index contributed by atoms with van der Waals surface area (Å²) in [4.78, 5) is 21.9. The summed E-state index contributed by atoms with van der Waals surface area (Å²) in [5, 5.41) is 3.87. The number of methoxy groups -OCH3 is 2. The van der Waals surface area contributed by atoms with Crippen LogP contribution in [0.3, 0.4) is 0 Å². The smallest absolute Gasteiger partial charge is 0.221 e. The van der Waals surface area contributed by atoms with Crippen LogP contribution in [-0.2, 0) is 20.8 Å². The summed E-state index contributed by atoms with van der Waals surface area (Å²) in [5.41, 5.74) is 4.37. The molecule has 4 rings (SSSR count). The van der Waals surface area contributed by atoms with Crippen LogP contribution in [0, 0.1) is 0 Å². The highest BCUT2D eigenvalue weighted by atomic mass is 16.7. The van der Waals surface area contributed by atoms with Gasteiger partial charge in [0.2, 0.25) is 5.91 Å². The highest BCUT2D eigenvalue weighted by molar-refractivity contribution is 6.06. The fraction of sp³-hybridized carbons (Fsp3) is 0.286. The summed E-state index contributed by atoms with van der Waals surface area (Å²) < 4.78 is 12.3. The van der Waals surface area contributed by atoms with E-state index in [-0.39, 0.29) is 5.91 Å². The Morgan fingerprint density at radius 2 is 1.71 bits per heavy atom. The topological polar surface area (TPSA) is 78.3 Å². The lowest BCUT2D eigenvalue weighted by Crippen LogP contribution is -2.34. The number of hydrogen-bond donors (Lipinski definition) is 1. The Labute approximate surface area is 162 Å². The number of aryl methyl sites for hydroxylation is 1. The summed E-state index contributed by atoms with van der Waals surface area (Å²) >= 11 is 0. The van der Waals surface area contributed by atoms with Crippen molar-refractivity contribution in [2.45, 2.75) is 19.3 Å². The second-order valence-corrected chi connectivity index (χ2v) is 6.51. The standard InChI is InChI=1S/C21H22N4O3/c1-27-19(28-2)13-22-18(26)11-12-25-17-10-6-3-7-14(17)20-21(25)24-16-9-5-4-8-15(16)23-20/h3-10,19H,11-13H2,1-2H3,(H,22,26). The maximum absolute atomic E-state index is 12.3. The fourth-order valence-electron chi connectivity index (χ4n) is 3.37. The molecule has 0 aliphatic heterocycles. The molecular weight excluding hydrogens is 356 g/mol. The van der Waals surface area contributed by atoms with E-state index < -0.39 is 6.29 Å². The normalized spacial score (nSPS) is 11.7. The van der Waals surface area contributed by atoms with Crippen LogP contribution in [0.4, 0.5) is 0 Å². The van der Waals surface area contributed by atoms with E-state index >= 15 is 0 Å².